The van der Waals surface area contributed by atoms with Crippen LogP contribution in [-0.2, 0) is 9.22 Å². The molecule has 0 aliphatic heterocycles. The lowest BCUT2D eigenvalue weighted by molar-refractivity contribution is -0.128. The van der Waals surface area contributed by atoms with Crippen molar-refractivity contribution in [3.63, 3.8) is 0 Å². The second-order valence-electron chi connectivity index (χ2n) is 11.5. The monoisotopic (exact) mass is 388 g/mol. The van der Waals surface area contributed by atoms with Crippen molar-refractivity contribution >= 4 is 14.1 Å². The van der Waals surface area contributed by atoms with E-state index in [1.807, 2.05) is 6.08 Å². The maximum absolute atomic E-state index is 13.1. The van der Waals surface area contributed by atoms with Crippen LogP contribution in [0.4, 0.5) is 0 Å². The highest BCUT2D eigenvalue weighted by molar-refractivity contribution is 6.74. The highest BCUT2D eigenvalue weighted by Crippen LogP contribution is 2.65. The van der Waals surface area contributed by atoms with E-state index in [4.69, 9.17) is 4.43 Å². The van der Waals surface area contributed by atoms with Gasteiger partial charge >= 0.3 is 0 Å². The molecule has 2 nitrogen and oxygen atoms in total. The zero-order chi connectivity index (χ0) is 20.4. The van der Waals surface area contributed by atoms with Crippen LogP contribution in [0, 0.1) is 22.7 Å². The largest absolute Gasteiger partial charge is 0.413 e. The van der Waals surface area contributed by atoms with Gasteiger partial charge in [0.15, 0.2) is 14.1 Å². The van der Waals surface area contributed by atoms with Crippen LogP contribution in [0.25, 0.3) is 0 Å². The van der Waals surface area contributed by atoms with Crippen molar-refractivity contribution in [3.8, 4) is 0 Å². The fraction of sp³-hybridized carbons (Fsp3) is 0.792. The predicted molar refractivity (Wildman–Crippen MR) is 116 cm³/mol. The molecule has 0 heterocycles. The number of rotatable bonds is 2. The van der Waals surface area contributed by atoms with Crippen LogP contribution < -0.4 is 0 Å². The lowest BCUT2D eigenvalue weighted by Gasteiger charge is -2.52. The average Bonchev–Trinajstić information content (AvgIpc) is 2.80. The van der Waals surface area contributed by atoms with Crippen LogP contribution >= 0.6 is 0 Å². The molecule has 4 atom stereocenters. The molecule has 0 saturated heterocycles. The summed E-state index contributed by atoms with van der Waals surface area (Å²) in [7, 11) is -1.96. The van der Waals surface area contributed by atoms with Crippen LogP contribution in [0.2, 0.25) is 18.1 Å². The molecule has 2 fully saturated rings. The Morgan fingerprint density at radius 1 is 1.22 bits per heavy atom. The summed E-state index contributed by atoms with van der Waals surface area (Å²) in [4.78, 5) is 13.1. The molecule has 0 aromatic carbocycles. The number of fused-ring (bicyclic) bond motifs is 3. The Labute approximate surface area is 168 Å². The standard InChI is InChI=1S/C24H40O2Si/c1-16-14-20(25)23(6,7)19-15-18(16)24(13-11-10-12-17(24)2)21(19)26-27(8,9)22(3,4)5/h14,18-19,21H,2,10-13,15H2,1,3-9H3/t18-,19+,21-,24+/m0/s1. The van der Waals surface area contributed by atoms with Gasteiger partial charge in [-0.25, -0.2) is 0 Å². The van der Waals surface area contributed by atoms with E-state index in [2.05, 4.69) is 61.2 Å². The highest BCUT2D eigenvalue weighted by Gasteiger charge is 2.64. The van der Waals surface area contributed by atoms with Gasteiger partial charge in [0.05, 0.1) is 6.10 Å². The van der Waals surface area contributed by atoms with Gasteiger partial charge in [0.1, 0.15) is 0 Å². The first-order chi connectivity index (χ1) is 12.2. The van der Waals surface area contributed by atoms with Crippen LogP contribution in [0.3, 0.4) is 0 Å². The summed E-state index contributed by atoms with van der Waals surface area (Å²) in [5.41, 5.74) is 2.31. The Hall–Kier alpha value is -0.673. The van der Waals surface area contributed by atoms with Gasteiger partial charge in [-0.2, -0.15) is 0 Å². The second kappa shape index (κ2) is 6.42. The first-order valence-electron chi connectivity index (χ1n) is 10.8. The Morgan fingerprint density at radius 3 is 2.41 bits per heavy atom. The third-order valence-corrected chi connectivity index (χ3v) is 13.1. The highest BCUT2D eigenvalue weighted by atomic mass is 28.4. The number of carbonyl (C=O) groups excluding carboxylic acids is 1. The summed E-state index contributed by atoms with van der Waals surface area (Å²) in [5.74, 6) is 0.969. The Morgan fingerprint density at radius 2 is 1.85 bits per heavy atom. The van der Waals surface area contributed by atoms with Crippen molar-refractivity contribution in [2.45, 2.75) is 97.9 Å². The van der Waals surface area contributed by atoms with Crippen LogP contribution in [-0.4, -0.2) is 20.2 Å². The predicted octanol–water partition coefficient (Wildman–Crippen LogP) is 6.68. The SMILES string of the molecule is C=C1CCCC[C@]12[C@H]1C[C@H]([C@@H]2O[Si](C)(C)C(C)(C)C)C(C)(C)C(=O)C=C1C. The molecule has 0 amide bonds. The molecule has 152 valence electrons. The Bertz CT molecular complexity index is 679. The van der Waals surface area contributed by atoms with Crippen LogP contribution in [0.5, 0.6) is 0 Å². The quantitative estimate of drug-likeness (QED) is 0.389. The minimum absolute atomic E-state index is 0.0248. The van der Waals surface area contributed by atoms with Gasteiger partial charge in [-0.1, -0.05) is 58.8 Å². The van der Waals surface area contributed by atoms with Gasteiger partial charge in [-0.3, -0.25) is 4.79 Å². The van der Waals surface area contributed by atoms with Crippen LogP contribution in [0.1, 0.15) is 73.6 Å². The van der Waals surface area contributed by atoms with Gasteiger partial charge in [-0.15, -0.1) is 0 Å². The van der Waals surface area contributed by atoms with Crippen molar-refractivity contribution in [2.75, 3.05) is 0 Å². The van der Waals surface area contributed by atoms with Crippen molar-refractivity contribution in [2.24, 2.45) is 22.7 Å². The molecule has 0 N–H and O–H groups in total. The van der Waals surface area contributed by atoms with Crippen molar-refractivity contribution in [3.05, 3.63) is 23.8 Å². The fourth-order valence-corrected chi connectivity index (χ4v) is 7.06. The first-order valence-corrected chi connectivity index (χ1v) is 13.7. The van der Waals surface area contributed by atoms with Crippen molar-refractivity contribution < 1.29 is 9.22 Å². The van der Waals surface area contributed by atoms with Crippen molar-refractivity contribution in [1.82, 2.24) is 0 Å². The molecule has 0 unspecified atom stereocenters. The first kappa shape index (κ1) is 21.0. The van der Waals surface area contributed by atoms with E-state index in [1.165, 1.54) is 30.4 Å². The smallest absolute Gasteiger partial charge is 0.192 e. The summed E-state index contributed by atoms with van der Waals surface area (Å²) < 4.78 is 7.23. The molecular weight excluding hydrogens is 348 g/mol. The molecule has 2 saturated carbocycles. The normalized spacial score (nSPS) is 36.7. The number of hydrogen-bond acceptors (Lipinski definition) is 2. The zero-order valence-corrected chi connectivity index (χ0v) is 19.9. The lowest BCUT2D eigenvalue weighted by atomic mass is 9.60. The molecule has 0 aromatic heterocycles. The molecule has 3 rings (SSSR count). The van der Waals surface area contributed by atoms with Gasteiger partial charge in [0, 0.05) is 10.8 Å². The molecule has 3 aliphatic rings. The molecule has 27 heavy (non-hydrogen) atoms. The maximum atomic E-state index is 13.1. The Kier molecular flexibility index (Phi) is 5.00. The van der Waals surface area contributed by atoms with E-state index in [1.54, 1.807) is 0 Å². The van der Waals surface area contributed by atoms with E-state index >= 15 is 0 Å². The second-order valence-corrected chi connectivity index (χ2v) is 16.3. The van der Waals surface area contributed by atoms with Gasteiger partial charge < -0.3 is 4.43 Å². The molecule has 2 bridgehead atoms. The zero-order valence-electron chi connectivity index (χ0n) is 18.9. The minimum atomic E-state index is -1.96. The van der Waals surface area contributed by atoms with Gasteiger partial charge in [0.2, 0.25) is 0 Å². The van der Waals surface area contributed by atoms with E-state index in [0.717, 1.165) is 12.8 Å². The van der Waals surface area contributed by atoms with E-state index in [9.17, 15) is 4.79 Å². The van der Waals surface area contributed by atoms with E-state index < -0.39 is 8.32 Å². The summed E-state index contributed by atoms with van der Waals surface area (Å²) in [6.45, 7) is 22.8. The molecule has 0 radical (unpaired) electrons. The molecule has 0 aromatic rings. The fourth-order valence-electron chi connectivity index (χ4n) is 5.70. The third-order valence-electron chi connectivity index (χ3n) is 8.66. The molecular formula is C24H40O2Si. The van der Waals surface area contributed by atoms with Crippen LogP contribution in [0.15, 0.2) is 23.8 Å². The van der Waals surface area contributed by atoms with Crippen molar-refractivity contribution in [1.29, 1.82) is 0 Å². The average molecular weight is 389 g/mol. The molecule has 3 heteroatoms. The van der Waals surface area contributed by atoms with Gasteiger partial charge in [-0.05, 0) is 68.7 Å². The topological polar surface area (TPSA) is 26.3 Å². The summed E-state index contributed by atoms with van der Waals surface area (Å²) >= 11 is 0. The summed E-state index contributed by atoms with van der Waals surface area (Å²) in [6.07, 6.45) is 7.93. The molecule has 3 aliphatic carbocycles. The number of ketones is 1. The minimum Gasteiger partial charge on any atom is -0.413 e. The summed E-state index contributed by atoms with van der Waals surface area (Å²) in [5, 5.41) is 0.163. The maximum Gasteiger partial charge on any atom is 0.192 e. The number of hydrogen-bond donors (Lipinski definition) is 0. The number of carbonyl (C=O) groups is 1. The van der Waals surface area contributed by atoms with E-state index in [-0.39, 0.29) is 33.7 Å². The lowest BCUT2D eigenvalue weighted by Crippen LogP contribution is -2.54. The van der Waals surface area contributed by atoms with Gasteiger partial charge in [0.25, 0.3) is 0 Å². The van der Waals surface area contributed by atoms with E-state index in [0.29, 0.717) is 5.92 Å². The summed E-state index contributed by atoms with van der Waals surface area (Å²) in [6, 6.07) is 0. The molecule has 1 spiro atoms. The number of allylic oxidation sites excluding steroid dienone is 2. The Balaban J connectivity index is 2.16. The third kappa shape index (κ3) is 3.04.